The molecule has 0 atom stereocenters. The number of carbonyl (C=O) groups excluding carboxylic acids is 2. The van der Waals surface area contributed by atoms with E-state index in [0.29, 0.717) is 4.47 Å². The van der Waals surface area contributed by atoms with E-state index in [1.54, 1.807) is 12.1 Å². The predicted molar refractivity (Wildman–Crippen MR) is 86.3 cm³/mol. The van der Waals surface area contributed by atoms with Gasteiger partial charge < -0.3 is 14.8 Å². The number of anilines is 1. The third kappa shape index (κ3) is 2.93. The zero-order valence-corrected chi connectivity index (χ0v) is 13.5. The van der Waals surface area contributed by atoms with Crippen LogP contribution in [-0.4, -0.2) is 23.4 Å². The van der Waals surface area contributed by atoms with Crippen LogP contribution in [0.2, 0.25) is 0 Å². The summed E-state index contributed by atoms with van der Waals surface area (Å²) in [4.78, 5) is 34.9. The monoisotopic (exact) mass is 392 g/mol. The maximum Gasteiger partial charge on any atom is 0.297 e. The summed E-state index contributed by atoms with van der Waals surface area (Å²) in [6, 6.07) is 8.79. The van der Waals surface area contributed by atoms with Gasteiger partial charge in [-0.1, -0.05) is 28.1 Å². The predicted octanol–water partition coefficient (Wildman–Crippen LogP) is 2.91. The smallest absolute Gasteiger partial charge is 0.297 e. The number of fused-ring (bicyclic) bond motifs is 1. The second-order valence-electron chi connectivity index (χ2n) is 4.74. The van der Waals surface area contributed by atoms with Crippen LogP contribution < -0.4 is 14.8 Å². The molecule has 0 aromatic heterocycles. The molecule has 1 heterocycles. The number of nitro benzene ring substituents is 1. The molecule has 0 saturated heterocycles. The van der Waals surface area contributed by atoms with Gasteiger partial charge in [0.2, 0.25) is 6.79 Å². The van der Waals surface area contributed by atoms with Crippen molar-refractivity contribution < 1.29 is 24.0 Å². The molecule has 2 aromatic rings. The average molecular weight is 393 g/mol. The number of halogens is 1. The van der Waals surface area contributed by atoms with Crippen LogP contribution in [0.4, 0.5) is 11.4 Å². The molecule has 3 rings (SSSR count). The van der Waals surface area contributed by atoms with Gasteiger partial charge in [0.25, 0.3) is 17.4 Å². The first-order valence-corrected chi connectivity index (χ1v) is 7.45. The Morgan fingerprint density at radius 2 is 2.00 bits per heavy atom. The summed E-state index contributed by atoms with van der Waals surface area (Å²) in [7, 11) is 0. The summed E-state index contributed by atoms with van der Waals surface area (Å²) in [5.74, 6) is -1.56. The van der Waals surface area contributed by atoms with Crippen LogP contribution >= 0.6 is 15.9 Å². The molecule has 1 aliphatic heterocycles. The molecular weight excluding hydrogens is 384 g/mol. The number of Topliss-reactive ketones (excluding diaryl/α,β-unsaturated/α-hetero) is 1. The van der Waals surface area contributed by atoms with E-state index >= 15 is 0 Å². The molecule has 0 fully saturated rings. The highest BCUT2D eigenvalue weighted by atomic mass is 79.9. The quantitative estimate of drug-likeness (QED) is 0.371. The number of ketones is 1. The number of nitrogens with zero attached hydrogens (tertiary/aromatic N) is 1. The molecule has 0 radical (unpaired) electrons. The highest BCUT2D eigenvalue weighted by Gasteiger charge is 2.29. The van der Waals surface area contributed by atoms with Crippen molar-refractivity contribution >= 4 is 39.0 Å². The molecule has 122 valence electrons. The van der Waals surface area contributed by atoms with Crippen molar-refractivity contribution in [2.45, 2.75) is 0 Å². The number of carbonyl (C=O) groups is 2. The fourth-order valence-electron chi connectivity index (χ4n) is 2.17. The van der Waals surface area contributed by atoms with E-state index in [4.69, 9.17) is 9.47 Å². The van der Waals surface area contributed by atoms with Gasteiger partial charge in [0, 0.05) is 16.1 Å². The van der Waals surface area contributed by atoms with E-state index in [0.717, 1.165) is 0 Å². The van der Waals surface area contributed by atoms with Crippen molar-refractivity contribution in [1.82, 2.24) is 0 Å². The van der Waals surface area contributed by atoms with Crippen LogP contribution in [0.25, 0.3) is 0 Å². The highest BCUT2D eigenvalue weighted by molar-refractivity contribution is 9.10. The second-order valence-corrected chi connectivity index (χ2v) is 5.66. The number of ether oxygens (including phenoxy) is 2. The van der Waals surface area contributed by atoms with Crippen molar-refractivity contribution in [3.8, 4) is 11.5 Å². The summed E-state index contributed by atoms with van der Waals surface area (Å²) in [5.41, 5.74) is -0.452. The molecular formula is C15H9BrN2O6. The van der Waals surface area contributed by atoms with Crippen LogP contribution in [0.5, 0.6) is 11.5 Å². The Bertz CT molecular complexity index is 867. The van der Waals surface area contributed by atoms with Gasteiger partial charge in [-0.05, 0) is 18.2 Å². The number of nitro groups is 1. The third-order valence-electron chi connectivity index (χ3n) is 3.25. The van der Waals surface area contributed by atoms with Gasteiger partial charge in [-0.25, -0.2) is 0 Å². The van der Waals surface area contributed by atoms with Crippen LogP contribution in [0.1, 0.15) is 10.4 Å². The largest absolute Gasteiger partial charge is 0.453 e. The van der Waals surface area contributed by atoms with E-state index < -0.39 is 22.3 Å². The molecule has 1 N–H and O–H groups in total. The van der Waals surface area contributed by atoms with Gasteiger partial charge in [0.05, 0.1) is 4.92 Å². The van der Waals surface area contributed by atoms with Gasteiger partial charge >= 0.3 is 0 Å². The first-order valence-electron chi connectivity index (χ1n) is 6.65. The fraction of sp³-hybridized carbons (Fsp3) is 0.0667. The molecule has 24 heavy (non-hydrogen) atoms. The number of hydrogen-bond donors (Lipinski definition) is 1. The summed E-state index contributed by atoms with van der Waals surface area (Å²) in [6.07, 6.45) is 0. The number of hydrogen-bond acceptors (Lipinski definition) is 6. The van der Waals surface area contributed by atoms with E-state index in [1.807, 2.05) is 0 Å². The number of benzene rings is 2. The normalized spacial score (nSPS) is 11.9. The Balaban J connectivity index is 1.93. The van der Waals surface area contributed by atoms with Crippen LogP contribution in [-0.2, 0) is 4.79 Å². The van der Waals surface area contributed by atoms with E-state index in [-0.39, 0.29) is 29.5 Å². The zero-order valence-electron chi connectivity index (χ0n) is 11.9. The van der Waals surface area contributed by atoms with Crippen molar-refractivity contribution in [2.24, 2.45) is 0 Å². The lowest BCUT2D eigenvalue weighted by Crippen LogP contribution is -2.23. The van der Waals surface area contributed by atoms with Gasteiger partial charge in [0.1, 0.15) is 0 Å². The lowest BCUT2D eigenvalue weighted by atomic mass is 10.1. The van der Waals surface area contributed by atoms with Gasteiger partial charge in [-0.3, -0.25) is 19.7 Å². The molecule has 0 aliphatic carbocycles. The molecule has 0 saturated carbocycles. The van der Waals surface area contributed by atoms with Crippen LogP contribution in [0.3, 0.4) is 0 Å². The maximum atomic E-state index is 12.2. The molecule has 9 heteroatoms. The minimum atomic E-state index is -1.01. The Labute approximate surface area is 143 Å². The molecule has 1 aliphatic rings. The Kier molecular flexibility index (Phi) is 4.17. The summed E-state index contributed by atoms with van der Waals surface area (Å²) in [5, 5.41) is 13.4. The van der Waals surface area contributed by atoms with Crippen LogP contribution in [0, 0.1) is 10.1 Å². The van der Waals surface area contributed by atoms with Crippen molar-refractivity contribution in [2.75, 3.05) is 12.1 Å². The van der Waals surface area contributed by atoms with Gasteiger partial charge in [-0.2, -0.15) is 0 Å². The molecule has 8 nitrogen and oxygen atoms in total. The Morgan fingerprint density at radius 1 is 1.21 bits per heavy atom. The molecule has 0 unspecified atom stereocenters. The highest BCUT2D eigenvalue weighted by Crippen LogP contribution is 2.44. The standard InChI is InChI=1S/C15H9BrN2O6/c16-9-3-1-2-8(6-9)13(19)15(20)17-12-10(18(21)22)4-5-11-14(12)24-7-23-11/h1-6H,7H2,(H,17,20). The average Bonchev–Trinajstić information content (AvgIpc) is 3.03. The SMILES string of the molecule is O=C(Nc1c([N+](=O)[O-])ccc2c1OCO2)C(=O)c1cccc(Br)c1. The first kappa shape index (κ1) is 15.9. The lowest BCUT2D eigenvalue weighted by molar-refractivity contribution is -0.384. The second kappa shape index (κ2) is 6.28. The zero-order chi connectivity index (χ0) is 17.3. The maximum absolute atomic E-state index is 12.2. The number of amides is 1. The first-order chi connectivity index (χ1) is 11.5. The number of nitrogens with one attached hydrogen (secondary N) is 1. The topological polar surface area (TPSA) is 108 Å². The molecule has 0 bridgehead atoms. The summed E-state index contributed by atoms with van der Waals surface area (Å²) in [6.45, 7) is -0.126. The Hall–Kier alpha value is -2.94. The molecule has 1 amide bonds. The Morgan fingerprint density at radius 3 is 2.71 bits per heavy atom. The van der Waals surface area contributed by atoms with Gasteiger partial charge in [0.15, 0.2) is 17.2 Å². The summed E-state index contributed by atoms with van der Waals surface area (Å²) < 4.78 is 10.9. The minimum absolute atomic E-state index is 0.0274. The third-order valence-corrected chi connectivity index (χ3v) is 3.74. The minimum Gasteiger partial charge on any atom is -0.453 e. The van der Waals surface area contributed by atoms with Crippen molar-refractivity contribution in [3.63, 3.8) is 0 Å². The molecule has 2 aromatic carbocycles. The fourth-order valence-corrected chi connectivity index (χ4v) is 2.57. The van der Waals surface area contributed by atoms with Gasteiger partial charge in [-0.15, -0.1) is 0 Å². The lowest BCUT2D eigenvalue weighted by Gasteiger charge is -2.08. The van der Waals surface area contributed by atoms with E-state index in [9.17, 15) is 19.7 Å². The summed E-state index contributed by atoms with van der Waals surface area (Å²) >= 11 is 3.21. The van der Waals surface area contributed by atoms with E-state index in [1.165, 1.54) is 24.3 Å². The molecule has 0 spiro atoms. The van der Waals surface area contributed by atoms with Crippen LogP contribution in [0.15, 0.2) is 40.9 Å². The van der Waals surface area contributed by atoms with Crippen molar-refractivity contribution in [3.05, 3.63) is 56.5 Å². The van der Waals surface area contributed by atoms with E-state index in [2.05, 4.69) is 21.2 Å². The van der Waals surface area contributed by atoms with Crippen molar-refractivity contribution in [1.29, 1.82) is 0 Å². The number of rotatable bonds is 4.